The van der Waals surface area contributed by atoms with Gasteiger partial charge in [0.15, 0.2) is 0 Å². The fraction of sp³-hybridized carbons (Fsp3) is 0.273. The SMILES string of the molecule is COc1ccccc1C[C@H]1NC(=O)NC1=O. The molecule has 1 aromatic carbocycles. The Bertz CT molecular complexity index is 431. The van der Waals surface area contributed by atoms with E-state index in [1.54, 1.807) is 7.11 Å². The average molecular weight is 220 g/mol. The maximum Gasteiger partial charge on any atom is 0.322 e. The monoisotopic (exact) mass is 220 g/mol. The Balaban J connectivity index is 2.14. The van der Waals surface area contributed by atoms with Gasteiger partial charge in [-0.25, -0.2) is 4.79 Å². The van der Waals surface area contributed by atoms with E-state index in [1.165, 1.54) is 0 Å². The summed E-state index contributed by atoms with van der Waals surface area (Å²) in [7, 11) is 1.58. The summed E-state index contributed by atoms with van der Waals surface area (Å²) in [5.41, 5.74) is 0.896. The van der Waals surface area contributed by atoms with Crippen molar-refractivity contribution in [3.63, 3.8) is 0 Å². The van der Waals surface area contributed by atoms with Crippen molar-refractivity contribution >= 4 is 11.9 Å². The number of carbonyl (C=O) groups is 2. The Kier molecular flexibility index (Phi) is 2.76. The molecule has 1 atom stereocenters. The molecule has 2 rings (SSSR count). The van der Waals surface area contributed by atoms with Crippen molar-refractivity contribution in [2.24, 2.45) is 0 Å². The second-order valence-corrected chi connectivity index (χ2v) is 3.53. The van der Waals surface area contributed by atoms with Gasteiger partial charge in [0, 0.05) is 6.42 Å². The van der Waals surface area contributed by atoms with Gasteiger partial charge in [-0.2, -0.15) is 0 Å². The maximum atomic E-state index is 11.4. The van der Waals surface area contributed by atoms with Crippen LogP contribution < -0.4 is 15.4 Å². The van der Waals surface area contributed by atoms with Gasteiger partial charge in [-0.3, -0.25) is 10.1 Å². The van der Waals surface area contributed by atoms with E-state index >= 15 is 0 Å². The van der Waals surface area contributed by atoms with Crippen LogP contribution >= 0.6 is 0 Å². The second-order valence-electron chi connectivity index (χ2n) is 3.53. The van der Waals surface area contributed by atoms with E-state index in [2.05, 4.69) is 10.6 Å². The number of imide groups is 1. The van der Waals surface area contributed by atoms with Crippen LogP contribution in [0.4, 0.5) is 4.79 Å². The van der Waals surface area contributed by atoms with E-state index in [1.807, 2.05) is 24.3 Å². The molecular weight excluding hydrogens is 208 g/mol. The summed E-state index contributed by atoms with van der Waals surface area (Å²) < 4.78 is 5.17. The highest BCUT2D eigenvalue weighted by molar-refractivity contribution is 6.04. The van der Waals surface area contributed by atoms with E-state index in [-0.39, 0.29) is 5.91 Å². The van der Waals surface area contributed by atoms with Crippen LogP contribution in [0, 0.1) is 0 Å². The molecule has 1 saturated heterocycles. The van der Waals surface area contributed by atoms with E-state index in [4.69, 9.17) is 4.74 Å². The lowest BCUT2D eigenvalue weighted by atomic mass is 10.1. The highest BCUT2D eigenvalue weighted by atomic mass is 16.5. The maximum absolute atomic E-state index is 11.4. The summed E-state index contributed by atoms with van der Waals surface area (Å²) in [6.45, 7) is 0. The van der Waals surface area contributed by atoms with Gasteiger partial charge in [-0.1, -0.05) is 18.2 Å². The van der Waals surface area contributed by atoms with Crippen LogP contribution in [0.5, 0.6) is 5.75 Å². The smallest absolute Gasteiger partial charge is 0.322 e. The summed E-state index contributed by atoms with van der Waals surface area (Å²) in [5, 5.41) is 4.74. The highest BCUT2D eigenvalue weighted by Crippen LogP contribution is 2.19. The normalized spacial score (nSPS) is 19.2. The first-order valence-corrected chi connectivity index (χ1v) is 4.94. The lowest BCUT2D eigenvalue weighted by Crippen LogP contribution is -2.31. The minimum absolute atomic E-state index is 0.295. The quantitative estimate of drug-likeness (QED) is 0.726. The minimum atomic E-state index is -0.510. The molecule has 1 fully saturated rings. The lowest BCUT2D eigenvalue weighted by Gasteiger charge is -2.10. The van der Waals surface area contributed by atoms with E-state index in [9.17, 15) is 9.59 Å². The number of urea groups is 1. The molecule has 2 N–H and O–H groups in total. The Morgan fingerprint density at radius 3 is 2.69 bits per heavy atom. The molecule has 5 nitrogen and oxygen atoms in total. The highest BCUT2D eigenvalue weighted by Gasteiger charge is 2.29. The molecule has 1 aliphatic heterocycles. The first-order valence-electron chi connectivity index (χ1n) is 4.94. The van der Waals surface area contributed by atoms with Gasteiger partial charge in [-0.05, 0) is 11.6 Å². The van der Waals surface area contributed by atoms with Crippen molar-refractivity contribution in [1.82, 2.24) is 10.6 Å². The van der Waals surface area contributed by atoms with E-state index in [0.717, 1.165) is 11.3 Å². The van der Waals surface area contributed by atoms with Gasteiger partial charge >= 0.3 is 6.03 Å². The Morgan fingerprint density at radius 2 is 2.06 bits per heavy atom. The number of benzene rings is 1. The molecule has 0 bridgehead atoms. The number of hydrogen-bond acceptors (Lipinski definition) is 3. The first kappa shape index (κ1) is 10.5. The number of rotatable bonds is 3. The molecule has 0 spiro atoms. The third kappa shape index (κ3) is 1.98. The molecule has 3 amide bonds. The summed E-state index contributed by atoms with van der Waals surface area (Å²) >= 11 is 0. The van der Waals surface area contributed by atoms with Crippen LogP contribution in [0.25, 0.3) is 0 Å². The summed E-state index contributed by atoms with van der Waals surface area (Å²) in [4.78, 5) is 22.3. The van der Waals surface area contributed by atoms with Gasteiger partial charge in [0.1, 0.15) is 11.8 Å². The summed E-state index contributed by atoms with van der Waals surface area (Å²) in [6, 6.07) is 6.47. The van der Waals surface area contributed by atoms with Crippen molar-refractivity contribution in [3.8, 4) is 5.75 Å². The zero-order valence-corrected chi connectivity index (χ0v) is 8.82. The largest absolute Gasteiger partial charge is 0.496 e. The van der Waals surface area contributed by atoms with Crippen LogP contribution in [-0.4, -0.2) is 25.1 Å². The van der Waals surface area contributed by atoms with Crippen LogP contribution in [0.2, 0.25) is 0 Å². The average Bonchev–Trinajstić information content (AvgIpc) is 2.58. The van der Waals surface area contributed by atoms with Crippen molar-refractivity contribution < 1.29 is 14.3 Å². The number of para-hydroxylation sites is 1. The predicted molar refractivity (Wildman–Crippen MR) is 57.2 cm³/mol. The molecule has 0 aromatic heterocycles. The van der Waals surface area contributed by atoms with Crippen LogP contribution in [0.1, 0.15) is 5.56 Å². The van der Waals surface area contributed by atoms with Crippen molar-refractivity contribution in [1.29, 1.82) is 0 Å². The molecule has 5 heteroatoms. The van der Waals surface area contributed by atoms with Gasteiger partial charge in [0.25, 0.3) is 5.91 Å². The molecule has 16 heavy (non-hydrogen) atoms. The fourth-order valence-electron chi connectivity index (χ4n) is 1.69. The third-order valence-electron chi connectivity index (χ3n) is 2.48. The molecule has 0 unspecified atom stereocenters. The number of carbonyl (C=O) groups excluding carboxylic acids is 2. The van der Waals surface area contributed by atoms with Crippen LogP contribution in [0.3, 0.4) is 0 Å². The summed E-state index contributed by atoms with van der Waals surface area (Å²) in [6.07, 6.45) is 0.432. The lowest BCUT2D eigenvalue weighted by molar-refractivity contribution is -0.120. The topological polar surface area (TPSA) is 67.4 Å². The molecular formula is C11H12N2O3. The number of nitrogens with one attached hydrogen (secondary N) is 2. The molecule has 1 heterocycles. The van der Waals surface area contributed by atoms with Gasteiger partial charge in [-0.15, -0.1) is 0 Å². The van der Waals surface area contributed by atoms with Crippen molar-refractivity contribution in [2.45, 2.75) is 12.5 Å². The Labute approximate surface area is 92.8 Å². The van der Waals surface area contributed by atoms with Crippen molar-refractivity contribution in [3.05, 3.63) is 29.8 Å². The number of ether oxygens (including phenoxy) is 1. The molecule has 0 aliphatic carbocycles. The second kappa shape index (κ2) is 4.22. The minimum Gasteiger partial charge on any atom is -0.496 e. The van der Waals surface area contributed by atoms with Crippen LogP contribution in [-0.2, 0) is 11.2 Å². The molecule has 0 radical (unpaired) electrons. The molecule has 0 saturated carbocycles. The third-order valence-corrected chi connectivity index (χ3v) is 2.48. The Morgan fingerprint density at radius 1 is 1.31 bits per heavy atom. The predicted octanol–water partition coefficient (Wildman–Crippen LogP) is 0.446. The fourth-order valence-corrected chi connectivity index (χ4v) is 1.69. The number of methoxy groups -OCH3 is 1. The standard InChI is InChI=1S/C11H12N2O3/c1-16-9-5-3-2-4-7(9)6-8-10(14)13-11(15)12-8/h2-5,8H,6H2,1H3,(H2,12,13,14,15)/t8-/m1/s1. The van der Waals surface area contributed by atoms with E-state index < -0.39 is 12.1 Å². The van der Waals surface area contributed by atoms with Gasteiger partial charge in [0.2, 0.25) is 0 Å². The van der Waals surface area contributed by atoms with Gasteiger partial charge in [0.05, 0.1) is 7.11 Å². The van der Waals surface area contributed by atoms with Crippen molar-refractivity contribution in [2.75, 3.05) is 7.11 Å². The Hall–Kier alpha value is -2.04. The molecule has 1 aliphatic rings. The molecule has 1 aromatic rings. The van der Waals surface area contributed by atoms with Crippen LogP contribution in [0.15, 0.2) is 24.3 Å². The summed E-state index contributed by atoms with van der Waals surface area (Å²) in [5.74, 6) is 0.423. The number of hydrogen-bond donors (Lipinski definition) is 2. The number of amides is 3. The first-order chi connectivity index (χ1) is 7.70. The molecule has 84 valence electrons. The van der Waals surface area contributed by atoms with Gasteiger partial charge < -0.3 is 10.1 Å². The zero-order valence-electron chi connectivity index (χ0n) is 8.82. The zero-order chi connectivity index (χ0) is 11.5. The van der Waals surface area contributed by atoms with E-state index in [0.29, 0.717) is 6.42 Å².